The van der Waals surface area contributed by atoms with Crippen molar-refractivity contribution in [1.29, 1.82) is 0 Å². The van der Waals surface area contributed by atoms with Crippen LogP contribution in [0.15, 0.2) is 54.9 Å². The first-order valence-electron chi connectivity index (χ1n) is 8.53. The first-order chi connectivity index (χ1) is 12.7. The van der Waals surface area contributed by atoms with Crippen molar-refractivity contribution in [3.05, 3.63) is 60.4 Å². The molecule has 0 spiro atoms. The van der Waals surface area contributed by atoms with Gasteiger partial charge in [0.1, 0.15) is 11.3 Å². The number of rotatable bonds is 5. The van der Waals surface area contributed by atoms with E-state index >= 15 is 0 Å². The van der Waals surface area contributed by atoms with E-state index in [2.05, 4.69) is 20.3 Å². The van der Waals surface area contributed by atoms with Crippen LogP contribution in [0.25, 0.3) is 21.9 Å². The quantitative estimate of drug-likeness (QED) is 0.571. The van der Waals surface area contributed by atoms with E-state index in [9.17, 15) is 4.79 Å². The fraction of sp³-hybridized carbons (Fsp3) is 0.150. The number of carbonyl (C=O) groups excluding carboxylic acids is 1. The Hall–Kier alpha value is -3.41. The zero-order valence-corrected chi connectivity index (χ0v) is 14.3. The number of amides is 1. The van der Waals surface area contributed by atoms with Gasteiger partial charge in [0.05, 0.1) is 11.8 Å². The number of ether oxygens (including phenoxy) is 1. The molecule has 4 aromatic rings. The van der Waals surface area contributed by atoms with Crippen molar-refractivity contribution in [2.75, 3.05) is 6.54 Å². The Balaban J connectivity index is 1.64. The number of benzene rings is 2. The van der Waals surface area contributed by atoms with Crippen LogP contribution < -0.4 is 10.1 Å². The van der Waals surface area contributed by atoms with E-state index in [-0.39, 0.29) is 5.91 Å². The second-order valence-corrected chi connectivity index (χ2v) is 5.97. The van der Waals surface area contributed by atoms with Crippen molar-refractivity contribution in [3.8, 4) is 11.6 Å². The highest BCUT2D eigenvalue weighted by atomic mass is 16.5. The van der Waals surface area contributed by atoms with Crippen molar-refractivity contribution < 1.29 is 9.53 Å². The van der Waals surface area contributed by atoms with E-state index in [4.69, 9.17) is 4.74 Å². The lowest BCUT2D eigenvalue weighted by Gasteiger charge is -2.06. The average molecular weight is 346 g/mol. The van der Waals surface area contributed by atoms with Crippen LogP contribution in [0.1, 0.15) is 23.7 Å². The van der Waals surface area contributed by atoms with Crippen molar-refractivity contribution in [1.82, 2.24) is 20.3 Å². The monoisotopic (exact) mass is 346 g/mol. The largest absolute Gasteiger partial charge is 0.437 e. The van der Waals surface area contributed by atoms with Crippen LogP contribution in [-0.4, -0.2) is 27.4 Å². The number of hydrogen-bond acceptors (Lipinski definition) is 4. The molecule has 2 N–H and O–H groups in total. The number of aromatic amines is 1. The molecular formula is C20H18N4O2. The highest BCUT2D eigenvalue weighted by Crippen LogP contribution is 2.25. The number of hydrogen-bond donors (Lipinski definition) is 2. The van der Waals surface area contributed by atoms with Gasteiger partial charge in [-0.25, -0.2) is 9.97 Å². The molecule has 26 heavy (non-hydrogen) atoms. The molecule has 2 aromatic heterocycles. The number of nitrogens with one attached hydrogen (secondary N) is 2. The van der Waals surface area contributed by atoms with Crippen LogP contribution in [-0.2, 0) is 0 Å². The Morgan fingerprint density at radius 2 is 2.04 bits per heavy atom. The molecule has 0 aliphatic rings. The van der Waals surface area contributed by atoms with Crippen molar-refractivity contribution in [3.63, 3.8) is 0 Å². The summed E-state index contributed by atoms with van der Waals surface area (Å²) in [5.74, 6) is 0.844. The minimum Gasteiger partial charge on any atom is -0.437 e. The molecule has 0 fully saturated rings. The third kappa shape index (κ3) is 3.09. The molecule has 6 nitrogen and oxygen atoms in total. The minimum absolute atomic E-state index is 0.171. The van der Waals surface area contributed by atoms with Gasteiger partial charge in [0.15, 0.2) is 5.65 Å². The normalized spacial score (nSPS) is 11.0. The molecule has 0 saturated heterocycles. The van der Waals surface area contributed by atoms with Gasteiger partial charge in [-0.2, -0.15) is 0 Å². The summed E-state index contributed by atoms with van der Waals surface area (Å²) in [7, 11) is 0. The Labute approximate surface area is 150 Å². The number of H-pyrrole nitrogens is 1. The zero-order valence-electron chi connectivity index (χ0n) is 14.3. The van der Waals surface area contributed by atoms with Gasteiger partial charge in [0.2, 0.25) is 5.88 Å². The molecule has 0 radical (unpaired) electrons. The van der Waals surface area contributed by atoms with E-state index in [1.807, 2.05) is 49.4 Å². The molecule has 130 valence electrons. The molecule has 4 rings (SSSR count). The number of fused-ring (bicyclic) bond motifs is 2. The molecule has 0 aliphatic heterocycles. The lowest BCUT2D eigenvalue weighted by atomic mass is 10.1. The third-order valence-electron chi connectivity index (χ3n) is 4.08. The maximum Gasteiger partial charge on any atom is 0.255 e. The predicted octanol–water partition coefficient (Wildman–Crippen LogP) is 4.04. The third-order valence-corrected chi connectivity index (χ3v) is 4.08. The molecule has 0 aliphatic carbocycles. The number of aromatic nitrogens is 3. The van der Waals surface area contributed by atoms with Gasteiger partial charge in [-0.05, 0) is 29.3 Å². The van der Waals surface area contributed by atoms with Crippen molar-refractivity contribution in [2.45, 2.75) is 13.3 Å². The minimum atomic E-state index is -0.171. The number of nitrogens with zero attached hydrogens (tertiary/aromatic N) is 2. The van der Waals surface area contributed by atoms with Crippen LogP contribution in [0.2, 0.25) is 0 Å². The lowest BCUT2D eigenvalue weighted by Crippen LogP contribution is -2.23. The summed E-state index contributed by atoms with van der Waals surface area (Å²) < 4.78 is 5.86. The highest BCUT2D eigenvalue weighted by molar-refractivity contribution is 6.04. The second-order valence-electron chi connectivity index (χ2n) is 5.97. The van der Waals surface area contributed by atoms with E-state index in [0.29, 0.717) is 34.9 Å². The summed E-state index contributed by atoms with van der Waals surface area (Å²) in [6.07, 6.45) is 4.04. The topological polar surface area (TPSA) is 79.9 Å². The van der Waals surface area contributed by atoms with Crippen LogP contribution in [0, 0.1) is 0 Å². The smallest absolute Gasteiger partial charge is 0.255 e. The highest BCUT2D eigenvalue weighted by Gasteiger charge is 2.15. The summed E-state index contributed by atoms with van der Waals surface area (Å²) in [4.78, 5) is 24.0. The Morgan fingerprint density at radius 1 is 1.19 bits per heavy atom. The van der Waals surface area contributed by atoms with Gasteiger partial charge in [-0.3, -0.25) is 4.79 Å². The molecule has 0 bridgehead atoms. The molecule has 2 aromatic carbocycles. The first-order valence-corrected chi connectivity index (χ1v) is 8.53. The molecule has 1 amide bonds. The van der Waals surface area contributed by atoms with E-state index in [0.717, 1.165) is 17.2 Å². The zero-order chi connectivity index (χ0) is 17.9. The average Bonchev–Trinajstić information content (AvgIpc) is 3.09. The summed E-state index contributed by atoms with van der Waals surface area (Å²) in [5.41, 5.74) is 1.51. The Bertz CT molecular complexity index is 1090. The fourth-order valence-corrected chi connectivity index (χ4v) is 2.78. The van der Waals surface area contributed by atoms with Gasteiger partial charge in [-0.15, -0.1) is 0 Å². The molecule has 2 heterocycles. The van der Waals surface area contributed by atoms with Gasteiger partial charge in [-0.1, -0.05) is 37.3 Å². The molecule has 0 atom stereocenters. The standard InChI is InChI=1S/C20H18N4O2/c1-2-9-21-20(25)16-11-22-19-18(16)24-17(12-23-19)26-15-8-7-13-5-3-4-6-14(13)10-15/h3-8,10-12H,2,9H2,1H3,(H,21,25)(H,22,23). The molecule has 0 unspecified atom stereocenters. The Morgan fingerprint density at radius 3 is 2.88 bits per heavy atom. The maximum absolute atomic E-state index is 12.3. The Kier molecular flexibility index (Phi) is 4.23. The first kappa shape index (κ1) is 16.1. The molecular weight excluding hydrogens is 328 g/mol. The van der Waals surface area contributed by atoms with E-state index < -0.39 is 0 Å². The van der Waals surface area contributed by atoms with Crippen LogP contribution in [0.4, 0.5) is 0 Å². The fourth-order valence-electron chi connectivity index (χ4n) is 2.78. The summed E-state index contributed by atoms with van der Waals surface area (Å²) in [6, 6.07) is 13.9. The predicted molar refractivity (Wildman–Crippen MR) is 101 cm³/mol. The van der Waals surface area contributed by atoms with Gasteiger partial charge in [0.25, 0.3) is 5.91 Å². The van der Waals surface area contributed by atoms with Crippen LogP contribution in [0.3, 0.4) is 0 Å². The SMILES string of the molecule is CCCNC(=O)c1c[nH]c2ncc(Oc3ccc4ccccc4c3)nc12. The van der Waals surface area contributed by atoms with Gasteiger partial charge in [0, 0.05) is 12.7 Å². The molecule has 6 heteroatoms. The summed E-state index contributed by atoms with van der Waals surface area (Å²) >= 11 is 0. The van der Waals surface area contributed by atoms with Crippen molar-refractivity contribution in [2.24, 2.45) is 0 Å². The van der Waals surface area contributed by atoms with E-state index in [1.165, 1.54) is 0 Å². The van der Waals surface area contributed by atoms with E-state index in [1.54, 1.807) is 12.4 Å². The summed E-state index contributed by atoms with van der Waals surface area (Å²) in [6.45, 7) is 2.62. The van der Waals surface area contributed by atoms with Gasteiger partial charge >= 0.3 is 0 Å². The molecule has 0 saturated carbocycles. The lowest BCUT2D eigenvalue weighted by molar-refractivity contribution is 0.0955. The van der Waals surface area contributed by atoms with Crippen LogP contribution >= 0.6 is 0 Å². The summed E-state index contributed by atoms with van der Waals surface area (Å²) in [5, 5.41) is 5.07. The van der Waals surface area contributed by atoms with Gasteiger partial charge < -0.3 is 15.0 Å². The number of carbonyl (C=O) groups is 1. The van der Waals surface area contributed by atoms with Crippen molar-refractivity contribution >= 4 is 27.8 Å². The second kappa shape index (κ2) is 6.84. The van der Waals surface area contributed by atoms with Crippen LogP contribution in [0.5, 0.6) is 11.6 Å². The maximum atomic E-state index is 12.3.